The van der Waals surface area contributed by atoms with Crippen LogP contribution in [0.5, 0.6) is 0 Å². The first-order chi connectivity index (χ1) is 9.39. The van der Waals surface area contributed by atoms with Gasteiger partial charge in [0.25, 0.3) is 0 Å². The Bertz CT molecular complexity index is 657. The van der Waals surface area contributed by atoms with E-state index in [0.29, 0.717) is 11.3 Å². The number of benzene rings is 1. The molecule has 0 spiro atoms. The highest BCUT2D eigenvalue weighted by atomic mass is 15.2. The van der Waals surface area contributed by atoms with Crippen LogP contribution in [0.15, 0.2) is 47.7 Å². The third-order valence-corrected chi connectivity index (χ3v) is 3.87. The lowest BCUT2D eigenvalue weighted by molar-refractivity contribution is 0.640. The van der Waals surface area contributed by atoms with Crippen LogP contribution >= 0.6 is 0 Å². The maximum Gasteiger partial charge on any atom is 0.101 e. The van der Waals surface area contributed by atoms with Gasteiger partial charge < -0.3 is 10.3 Å². The Kier molecular flexibility index (Phi) is 3.50. The molecule has 0 radical (unpaired) electrons. The molecular weight excluding hydrogens is 246 g/mol. The molecule has 3 heteroatoms. The summed E-state index contributed by atoms with van der Waals surface area (Å²) in [7, 11) is 2.04. The molecule has 1 aromatic carbocycles. The van der Waals surface area contributed by atoms with E-state index in [-0.39, 0.29) is 5.41 Å². The fraction of sp³-hybridized carbons (Fsp3) is 0.294. The number of allylic oxidation sites excluding steroid dienone is 4. The normalized spacial score (nSPS) is 18.9. The molecule has 0 aliphatic carbocycles. The average Bonchev–Trinajstić information content (AvgIpc) is 2.60. The van der Waals surface area contributed by atoms with Gasteiger partial charge in [0.15, 0.2) is 0 Å². The van der Waals surface area contributed by atoms with Crippen LogP contribution in [-0.2, 0) is 5.41 Å². The summed E-state index contributed by atoms with van der Waals surface area (Å²) in [5, 5.41) is 16.6. The molecule has 20 heavy (non-hydrogen) atoms. The Morgan fingerprint density at radius 1 is 1.35 bits per heavy atom. The average molecular weight is 265 g/mol. The quantitative estimate of drug-likeness (QED) is 0.653. The van der Waals surface area contributed by atoms with Gasteiger partial charge in [-0.05, 0) is 30.7 Å². The SMILES string of the molecule is CC(=N)/C(C#N)=C\C=C1/N(C)c2ccccc2C1(C)C. The van der Waals surface area contributed by atoms with E-state index in [0.717, 1.165) is 5.70 Å². The molecule has 1 aromatic rings. The summed E-state index contributed by atoms with van der Waals surface area (Å²) in [5.41, 5.74) is 4.21. The number of para-hydroxylation sites is 1. The zero-order valence-electron chi connectivity index (χ0n) is 12.4. The third kappa shape index (κ3) is 2.14. The molecule has 1 aliphatic heterocycles. The van der Waals surface area contributed by atoms with Crippen molar-refractivity contribution in [2.24, 2.45) is 0 Å². The topological polar surface area (TPSA) is 50.9 Å². The van der Waals surface area contributed by atoms with Crippen LogP contribution in [-0.4, -0.2) is 12.8 Å². The van der Waals surface area contributed by atoms with E-state index < -0.39 is 0 Å². The molecule has 0 aromatic heterocycles. The fourth-order valence-electron chi connectivity index (χ4n) is 2.71. The van der Waals surface area contributed by atoms with Crippen molar-refractivity contribution in [3.63, 3.8) is 0 Å². The first kappa shape index (κ1) is 14.1. The Balaban J connectivity index is 2.51. The predicted octanol–water partition coefficient (Wildman–Crippen LogP) is 3.79. The van der Waals surface area contributed by atoms with Crippen molar-refractivity contribution in [1.82, 2.24) is 0 Å². The molecule has 0 atom stereocenters. The highest BCUT2D eigenvalue weighted by Crippen LogP contribution is 2.46. The summed E-state index contributed by atoms with van der Waals surface area (Å²) in [6, 6.07) is 10.4. The molecule has 3 nitrogen and oxygen atoms in total. The number of hydrogen-bond donors (Lipinski definition) is 1. The standard InChI is InChI=1S/C17H19N3/c1-12(19)13(11-18)9-10-16-17(2,3)14-7-5-6-8-15(14)20(16)4/h5-10,19H,1-4H3/b13-9-,16-10-,19-12?. The molecule has 0 amide bonds. The Morgan fingerprint density at radius 3 is 2.55 bits per heavy atom. The summed E-state index contributed by atoms with van der Waals surface area (Å²) in [5.74, 6) is 0. The minimum absolute atomic E-state index is 0.0989. The number of fused-ring (bicyclic) bond motifs is 1. The van der Waals surface area contributed by atoms with E-state index in [2.05, 4.69) is 43.0 Å². The summed E-state index contributed by atoms with van der Waals surface area (Å²) >= 11 is 0. The van der Waals surface area contributed by atoms with Gasteiger partial charge in [0.1, 0.15) is 6.07 Å². The molecule has 0 bridgehead atoms. The van der Waals surface area contributed by atoms with E-state index in [9.17, 15) is 0 Å². The van der Waals surface area contributed by atoms with Crippen LogP contribution in [0.4, 0.5) is 5.69 Å². The van der Waals surface area contributed by atoms with E-state index in [1.165, 1.54) is 11.3 Å². The lowest BCUT2D eigenvalue weighted by Crippen LogP contribution is -2.22. The van der Waals surface area contributed by atoms with Gasteiger partial charge in [-0.25, -0.2) is 0 Å². The van der Waals surface area contributed by atoms with Crippen molar-refractivity contribution in [3.8, 4) is 6.07 Å². The molecule has 0 fully saturated rings. The van der Waals surface area contributed by atoms with Crippen LogP contribution in [0.2, 0.25) is 0 Å². The van der Waals surface area contributed by atoms with Crippen molar-refractivity contribution in [3.05, 3.63) is 53.3 Å². The van der Waals surface area contributed by atoms with Gasteiger partial charge in [0.2, 0.25) is 0 Å². The van der Waals surface area contributed by atoms with Gasteiger partial charge in [0, 0.05) is 29.6 Å². The zero-order valence-corrected chi connectivity index (χ0v) is 12.4. The minimum atomic E-state index is -0.0989. The number of nitriles is 1. The first-order valence-corrected chi connectivity index (χ1v) is 6.61. The summed E-state index contributed by atoms with van der Waals surface area (Å²) in [6.07, 6.45) is 3.69. The van der Waals surface area contributed by atoms with E-state index in [4.69, 9.17) is 10.7 Å². The van der Waals surface area contributed by atoms with Gasteiger partial charge in [-0.15, -0.1) is 0 Å². The second-order valence-corrected chi connectivity index (χ2v) is 5.57. The summed E-state index contributed by atoms with van der Waals surface area (Å²) in [4.78, 5) is 2.15. The minimum Gasteiger partial charge on any atom is -0.347 e. The summed E-state index contributed by atoms with van der Waals surface area (Å²) < 4.78 is 0. The second kappa shape index (κ2) is 4.97. The molecular formula is C17H19N3. The van der Waals surface area contributed by atoms with Crippen molar-refractivity contribution < 1.29 is 0 Å². The number of nitrogens with one attached hydrogen (secondary N) is 1. The zero-order chi connectivity index (χ0) is 14.9. The van der Waals surface area contributed by atoms with Crippen LogP contribution in [0.3, 0.4) is 0 Å². The molecule has 1 N–H and O–H groups in total. The van der Waals surface area contributed by atoms with Gasteiger partial charge in [-0.2, -0.15) is 5.26 Å². The van der Waals surface area contributed by atoms with E-state index >= 15 is 0 Å². The molecule has 2 rings (SSSR count). The van der Waals surface area contributed by atoms with Crippen LogP contribution in [0.25, 0.3) is 0 Å². The summed E-state index contributed by atoms with van der Waals surface area (Å²) in [6.45, 7) is 5.99. The van der Waals surface area contributed by atoms with Gasteiger partial charge in [0.05, 0.1) is 5.57 Å². The van der Waals surface area contributed by atoms with E-state index in [1.807, 2.05) is 19.2 Å². The third-order valence-electron chi connectivity index (χ3n) is 3.87. The fourth-order valence-corrected chi connectivity index (χ4v) is 2.71. The first-order valence-electron chi connectivity index (χ1n) is 6.61. The van der Waals surface area contributed by atoms with Crippen LogP contribution < -0.4 is 4.90 Å². The number of rotatable bonds is 2. The lowest BCUT2D eigenvalue weighted by Gasteiger charge is -2.23. The van der Waals surface area contributed by atoms with Gasteiger partial charge in [-0.3, -0.25) is 0 Å². The highest BCUT2D eigenvalue weighted by molar-refractivity contribution is 5.99. The number of anilines is 1. The molecule has 0 unspecified atom stereocenters. The van der Waals surface area contributed by atoms with E-state index in [1.54, 1.807) is 13.0 Å². The molecule has 1 heterocycles. The van der Waals surface area contributed by atoms with Crippen molar-refractivity contribution >= 4 is 11.4 Å². The maximum atomic E-state index is 9.04. The highest BCUT2D eigenvalue weighted by Gasteiger charge is 2.37. The van der Waals surface area contributed by atoms with Crippen LogP contribution in [0.1, 0.15) is 26.3 Å². The van der Waals surface area contributed by atoms with Gasteiger partial charge >= 0.3 is 0 Å². The monoisotopic (exact) mass is 265 g/mol. The lowest BCUT2D eigenvalue weighted by atomic mass is 9.83. The molecule has 0 saturated heterocycles. The van der Waals surface area contributed by atoms with Crippen LogP contribution in [0, 0.1) is 16.7 Å². The van der Waals surface area contributed by atoms with Crippen molar-refractivity contribution in [2.75, 3.05) is 11.9 Å². The van der Waals surface area contributed by atoms with Crippen molar-refractivity contribution in [1.29, 1.82) is 10.7 Å². The molecule has 0 saturated carbocycles. The second-order valence-electron chi connectivity index (χ2n) is 5.57. The Hall–Kier alpha value is -2.34. The predicted molar refractivity (Wildman–Crippen MR) is 83.1 cm³/mol. The van der Waals surface area contributed by atoms with Crippen molar-refractivity contribution in [2.45, 2.75) is 26.2 Å². The maximum absolute atomic E-state index is 9.04. The molecule has 102 valence electrons. The number of likely N-dealkylation sites (N-methyl/N-ethyl adjacent to an activating group) is 1. The molecule has 1 aliphatic rings. The van der Waals surface area contributed by atoms with Gasteiger partial charge in [-0.1, -0.05) is 32.0 Å². The number of nitrogens with zero attached hydrogens (tertiary/aromatic N) is 2. The smallest absolute Gasteiger partial charge is 0.101 e. The Morgan fingerprint density at radius 2 is 2.00 bits per heavy atom. The number of hydrogen-bond acceptors (Lipinski definition) is 3. The Labute approximate surface area is 120 Å². The largest absolute Gasteiger partial charge is 0.347 e.